The highest BCUT2D eigenvalue weighted by molar-refractivity contribution is 5.94. The van der Waals surface area contributed by atoms with Gasteiger partial charge in [-0.3, -0.25) is 19.2 Å². The molecule has 1 saturated heterocycles. The van der Waals surface area contributed by atoms with Gasteiger partial charge in [0.15, 0.2) is 0 Å². The second-order valence-corrected chi connectivity index (χ2v) is 13.7. The summed E-state index contributed by atoms with van der Waals surface area (Å²) < 4.78 is 11.9. The molecule has 1 rings (SSSR count). The number of allylic oxidation sites excluding steroid dienone is 4. The summed E-state index contributed by atoms with van der Waals surface area (Å²) in [5.41, 5.74) is 0. The zero-order valence-electron chi connectivity index (χ0n) is 30.3. The van der Waals surface area contributed by atoms with E-state index in [0.717, 1.165) is 122 Å². The Hall–Kier alpha value is -2.48. The predicted molar refractivity (Wildman–Crippen MR) is 192 cm³/mol. The maximum Gasteiger partial charge on any atom is 0.317 e. The van der Waals surface area contributed by atoms with Crippen LogP contribution in [0.15, 0.2) is 24.3 Å². The molecule has 0 bridgehead atoms. The minimum absolute atomic E-state index is 0.0396. The van der Waals surface area contributed by atoms with Crippen LogP contribution in [0.2, 0.25) is 0 Å². The number of ether oxygens (including phenoxy) is 2. The topological polar surface area (TPSA) is 127 Å². The molecule has 2 N–H and O–H groups in total. The van der Waals surface area contributed by atoms with Gasteiger partial charge in [0.2, 0.25) is 0 Å². The van der Waals surface area contributed by atoms with Crippen LogP contribution in [0.3, 0.4) is 0 Å². The largest absolute Gasteiger partial charge is 0.481 e. The third-order valence-corrected chi connectivity index (χ3v) is 9.36. The van der Waals surface area contributed by atoms with Crippen LogP contribution >= 0.6 is 0 Å². The summed E-state index contributed by atoms with van der Waals surface area (Å²) in [5, 5.41) is 17.8. The number of carboxylic acids is 2. The van der Waals surface area contributed by atoms with Gasteiger partial charge in [-0.25, -0.2) is 0 Å². The molecular weight excluding hydrogens is 608 g/mol. The summed E-state index contributed by atoms with van der Waals surface area (Å²) in [5.74, 6) is -2.79. The second kappa shape index (κ2) is 29.4. The van der Waals surface area contributed by atoms with Crippen molar-refractivity contribution in [3.63, 3.8) is 0 Å². The normalized spacial score (nSPS) is 16.9. The molecular formula is C40H68O8. The fraction of sp³-hybridized carbons (Fsp3) is 0.800. The number of carboxylic acid groups (broad SMARTS) is 2. The molecule has 0 aromatic heterocycles. The maximum absolute atomic E-state index is 12.6. The van der Waals surface area contributed by atoms with Crippen molar-refractivity contribution in [1.29, 1.82) is 0 Å². The zero-order chi connectivity index (χ0) is 35.2. The smallest absolute Gasteiger partial charge is 0.317 e. The molecule has 0 spiro atoms. The molecule has 0 radical (unpaired) electrons. The van der Waals surface area contributed by atoms with E-state index in [1.54, 1.807) is 0 Å². The molecule has 1 fully saturated rings. The van der Waals surface area contributed by atoms with Gasteiger partial charge in [0, 0.05) is 12.8 Å². The van der Waals surface area contributed by atoms with Crippen molar-refractivity contribution in [1.82, 2.24) is 0 Å². The fourth-order valence-electron chi connectivity index (χ4n) is 6.44. The van der Waals surface area contributed by atoms with E-state index in [1.807, 2.05) is 0 Å². The van der Waals surface area contributed by atoms with Crippen LogP contribution in [0.1, 0.15) is 181 Å². The molecule has 1 aliphatic heterocycles. The van der Waals surface area contributed by atoms with Gasteiger partial charge in [-0.05, 0) is 76.5 Å². The minimum Gasteiger partial charge on any atom is -0.481 e. The minimum atomic E-state index is -0.739. The average molecular weight is 677 g/mol. The number of hydrogen-bond donors (Lipinski definition) is 2. The van der Waals surface area contributed by atoms with E-state index < -0.39 is 29.8 Å². The lowest BCUT2D eigenvalue weighted by atomic mass is 9.85. The van der Waals surface area contributed by atoms with E-state index in [9.17, 15) is 19.2 Å². The van der Waals surface area contributed by atoms with Crippen LogP contribution in [0, 0.1) is 11.8 Å². The number of esters is 2. The molecule has 0 aromatic rings. The Labute approximate surface area is 291 Å². The summed E-state index contributed by atoms with van der Waals surface area (Å²) in [6, 6.07) is 0. The first kappa shape index (κ1) is 43.5. The summed E-state index contributed by atoms with van der Waals surface area (Å²) in [6.45, 7) is 4.38. The molecule has 0 amide bonds. The molecule has 48 heavy (non-hydrogen) atoms. The Morgan fingerprint density at radius 2 is 1.21 bits per heavy atom. The van der Waals surface area contributed by atoms with Gasteiger partial charge in [-0.2, -0.15) is 0 Å². The average Bonchev–Trinajstić information content (AvgIpc) is 3.39. The Kier molecular flexibility index (Phi) is 26.7. The van der Waals surface area contributed by atoms with Gasteiger partial charge >= 0.3 is 23.9 Å². The number of cyclic esters (lactones) is 2. The van der Waals surface area contributed by atoms with Crippen LogP contribution in [-0.2, 0) is 28.7 Å². The SMILES string of the molecule is CCCC/C=C/C(CCC(CCCCCCCC(=O)O)OC(CC/C=C/CCCCC)CCCCCCCC(=O)O)C1CC(=O)OC1=O. The molecule has 0 saturated carbocycles. The quantitative estimate of drug-likeness (QED) is 0.0304. The Morgan fingerprint density at radius 3 is 1.77 bits per heavy atom. The van der Waals surface area contributed by atoms with Crippen molar-refractivity contribution < 1.29 is 38.9 Å². The van der Waals surface area contributed by atoms with E-state index in [4.69, 9.17) is 19.7 Å². The molecule has 4 atom stereocenters. The van der Waals surface area contributed by atoms with Crippen LogP contribution in [-0.4, -0.2) is 46.3 Å². The van der Waals surface area contributed by atoms with Gasteiger partial charge in [0.05, 0.1) is 24.5 Å². The Bertz CT molecular complexity index is 926. The fourth-order valence-corrected chi connectivity index (χ4v) is 6.44. The summed E-state index contributed by atoms with van der Waals surface area (Å²) >= 11 is 0. The van der Waals surface area contributed by atoms with Crippen LogP contribution in [0.5, 0.6) is 0 Å². The Balaban J connectivity index is 2.92. The standard InChI is InChI=1S/C40H68O8/c1-3-5-7-9-10-13-19-25-34(26-20-14-11-16-22-28-37(41)42)47-35(27-21-15-12-17-23-29-38(43)44)31-30-33(24-18-8-6-4-2)36-32-39(45)48-40(36)46/h10,13,18,24,33-36H,3-9,11-12,14-17,19-23,25-32H2,1-2H3,(H,41,42)(H,43,44)/b13-10+,24-18+. The molecule has 0 aliphatic carbocycles. The van der Waals surface area contributed by atoms with Crippen LogP contribution in [0.4, 0.5) is 0 Å². The summed E-state index contributed by atoms with van der Waals surface area (Å²) in [4.78, 5) is 46.2. The third kappa shape index (κ3) is 23.8. The molecule has 0 aromatic carbocycles. The number of unbranched alkanes of at least 4 members (excludes halogenated alkanes) is 13. The van der Waals surface area contributed by atoms with E-state index in [0.29, 0.717) is 6.42 Å². The lowest BCUT2D eigenvalue weighted by molar-refractivity contribution is -0.153. The van der Waals surface area contributed by atoms with E-state index in [2.05, 4.69) is 38.2 Å². The monoisotopic (exact) mass is 676 g/mol. The van der Waals surface area contributed by atoms with Crippen LogP contribution < -0.4 is 0 Å². The molecule has 1 aliphatic rings. The molecule has 1 heterocycles. The van der Waals surface area contributed by atoms with E-state index >= 15 is 0 Å². The van der Waals surface area contributed by atoms with E-state index in [1.165, 1.54) is 19.3 Å². The molecule has 8 heteroatoms. The summed E-state index contributed by atoms with van der Waals surface area (Å²) in [7, 11) is 0. The first-order chi connectivity index (χ1) is 23.3. The number of carbonyl (C=O) groups is 4. The molecule has 4 unspecified atom stereocenters. The highest BCUT2D eigenvalue weighted by atomic mass is 16.6. The number of hydrogen-bond acceptors (Lipinski definition) is 6. The highest BCUT2D eigenvalue weighted by Gasteiger charge is 2.38. The highest BCUT2D eigenvalue weighted by Crippen LogP contribution is 2.31. The van der Waals surface area contributed by atoms with Gasteiger partial charge in [0.1, 0.15) is 0 Å². The third-order valence-electron chi connectivity index (χ3n) is 9.36. The lowest BCUT2D eigenvalue weighted by Crippen LogP contribution is -2.25. The number of carbonyl (C=O) groups excluding carboxylic acids is 2. The number of rotatable bonds is 33. The number of aliphatic carboxylic acids is 2. The molecule has 276 valence electrons. The molecule has 8 nitrogen and oxygen atoms in total. The van der Waals surface area contributed by atoms with Crippen molar-refractivity contribution in [2.75, 3.05) is 0 Å². The van der Waals surface area contributed by atoms with Crippen molar-refractivity contribution in [2.45, 2.75) is 193 Å². The first-order valence-corrected chi connectivity index (χ1v) is 19.4. The van der Waals surface area contributed by atoms with Crippen molar-refractivity contribution in [2.24, 2.45) is 11.8 Å². The predicted octanol–water partition coefficient (Wildman–Crippen LogP) is 10.5. The lowest BCUT2D eigenvalue weighted by Gasteiger charge is -2.27. The van der Waals surface area contributed by atoms with Gasteiger partial charge < -0.3 is 19.7 Å². The van der Waals surface area contributed by atoms with Crippen molar-refractivity contribution in [3.8, 4) is 0 Å². The van der Waals surface area contributed by atoms with Crippen molar-refractivity contribution in [3.05, 3.63) is 24.3 Å². The van der Waals surface area contributed by atoms with Crippen molar-refractivity contribution >= 4 is 23.9 Å². The van der Waals surface area contributed by atoms with E-state index in [-0.39, 0.29) is 37.4 Å². The maximum atomic E-state index is 12.6. The zero-order valence-corrected chi connectivity index (χ0v) is 30.3. The van der Waals surface area contributed by atoms with Gasteiger partial charge in [-0.1, -0.05) is 115 Å². The van der Waals surface area contributed by atoms with Gasteiger partial charge in [-0.15, -0.1) is 0 Å². The van der Waals surface area contributed by atoms with Gasteiger partial charge in [0.25, 0.3) is 0 Å². The summed E-state index contributed by atoms with van der Waals surface area (Å²) in [6.07, 6.45) is 32.5. The van der Waals surface area contributed by atoms with Crippen LogP contribution in [0.25, 0.3) is 0 Å². The first-order valence-electron chi connectivity index (χ1n) is 19.4. The Morgan fingerprint density at radius 1 is 0.667 bits per heavy atom. The second-order valence-electron chi connectivity index (χ2n) is 13.7.